The van der Waals surface area contributed by atoms with Crippen LogP contribution in [-0.2, 0) is 30.2 Å². The Morgan fingerprint density at radius 1 is 1.29 bits per heavy atom. The van der Waals surface area contributed by atoms with E-state index in [4.69, 9.17) is 4.74 Å². The van der Waals surface area contributed by atoms with Gasteiger partial charge in [0.1, 0.15) is 6.54 Å². The van der Waals surface area contributed by atoms with Crippen molar-refractivity contribution in [1.82, 2.24) is 24.0 Å². The molecule has 0 aliphatic heterocycles. The quantitative estimate of drug-likeness (QED) is 0.678. The number of nitrogens with one attached hydrogen (secondary N) is 1. The van der Waals surface area contributed by atoms with Crippen molar-refractivity contribution in [2.75, 3.05) is 13.2 Å². The highest BCUT2D eigenvalue weighted by atomic mass is 16.5. The first-order valence-electron chi connectivity index (χ1n) is 7.82. The van der Waals surface area contributed by atoms with E-state index in [1.807, 2.05) is 13.8 Å². The second-order valence-corrected chi connectivity index (χ2v) is 5.87. The topological polar surface area (TPSA) is 100 Å². The number of amides is 1. The van der Waals surface area contributed by atoms with Crippen molar-refractivity contribution < 1.29 is 9.53 Å². The molecule has 2 heterocycles. The number of rotatable bonds is 7. The van der Waals surface area contributed by atoms with Gasteiger partial charge in [-0.05, 0) is 20.3 Å². The molecular weight excluding hydrogens is 314 g/mol. The van der Waals surface area contributed by atoms with E-state index < -0.39 is 11.2 Å². The lowest BCUT2D eigenvalue weighted by Gasteiger charge is -2.09. The summed E-state index contributed by atoms with van der Waals surface area (Å²) in [6.45, 7) is 4.95. The molecule has 0 aliphatic carbocycles. The molecule has 9 heteroatoms. The SMILES string of the molecule is CC(C)OCCCNC(=O)Cn1cnc2c1c(=O)n(C)c(=O)n2C. The van der Waals surface area contributed by atoms with Gasteiger partial charge in [0.05, 0.1) is 12.4 Å². The van der Waals surface area contributed by atoms with Gasteiger partial charge in [0, 0.05) is 27.2 Å². The first kappa shape index (κ1) is 17.9. The van der Waals surface area contributed by atoms with Crippen molar-refractivity contribution in [2.45, 2.75) is 32.9 Å². The first-order chi connectivity index (χ1) is 11.3. The van der Waals surface area contributed by atoms with Gasteiger partial charge in [0.15, 0.2) is 11.2 Å². The van der Waals surface area contributed by atoms with Crippen LogP contribution in [0.5, 0.6) is 0 Å². The number of aromatic nitrogens is 4. The Bertz CT molecular complexity index is 846. The van der Waals surface area contributed by atoms with Crippen molar-refractivity contribution in [3.63, 3.8) is 0 Å². The minimum atomic E-state index is -0.469. The zero-order valence-electron chi connectivity index (χ0n) is 14.4. The van der Waals surface area contributed by atoms with Gasteiger partial charge in [0.2, 0.25) is 5.91 Å². The summed E-state index contributed by atoms with van der Waals surface area (Å²) in [7, 11) is 2.94. The monoisotopic (exact) mass is 337 g/mol. The second kappa shape index (κ2) is 7.43. The van der Waals surface area contributed by atoms with Gasteiger partial charge in [-0.3, -0.25) is 18.7 Å². The number of aryl methyl sites for hydroxylation is 1. The number of carbonyl (C=O) groups excluding carboxylic acids is 1. The molecule has 0 aliphatic rings. The van der Waals surface area contributed by atoms with E-state index in [-0.39, 0.29) is 29.7 Å². The fraction of sp³-hybridized carbons (Fsp3) is 0.600. The minimum absolute atomic E-state index is 0.0328. The van der Waals surface area contributed by atoms with Crippen LogP contribution in [0.4, 0.5) is 0 Å². The van der Waals surface area contributed by atoms with Gasteiger partial charge in [-0.2, -0.15) is 0 Å². The van der Waals surface area contributed by atoms with Crippen LogP contribution in [0.1, 0.15) is 20.3 Å². The number of imidazole rings is 1. The molecule has 132 valence electrons. The lowest BCUT2D eigenvalue weighted by Crippen LogP contribution is -2.38. The average molecular weight is 337 g/mol. The molecule has 1 N–H and O–H groups in total. The standard InChI is InChI=1S/C15H23N5O4/c1-10(2)24-7-5-6-16-11(21)8-20-9-17-13-12(20)14(22)19(4)15(23)18(13)3/h9-10H,5-8H2,1-4H3,(H,16,21). The number of carbonyl (C=O) groups is 1. The summed E-state index contributed by atoms with van der Waals surface area (Å²) in [6.07, 6.45) is 2.28. The lowest BCUT2D eigenvalue weighted by atomic mass is 10.4. The molecule has 0 bridgehead atoms. The predicted octanol–water partition coefficient (Wildman–Crippen LogP) is -0.635. The smallest absolute Gasteiger partial charge is 0.332 e. The maximum Gasteiger partial charge on any atom is 0.332 e. The van der Waals surface area contributed by atoms with Gasteiger partial charge in [0.25, 0.3) is 5.56 Å². The molecule has 0 unspecified atom stereocenters. The summed E-state index contributed by atoms with van der Waals surface area (Å²) in [5.41, 5.74) is -0.421. The van der Waals surface area contributed by atoms with Gasteiger partial charge < -0.3 is 14.6 Å². The first-order valence-corrected chi connectivity index (χ1v) is 7.82. The Balaban J connectivity index is 2.07. The van der Waals surface area contributed by atoms with Crippen LogP contribution in [0.3, 0.4) is 0 Å². The summed E-state index contributed by atoms with van der Waals surface area (Å²) >= 11 is 0. The van der Waals surface area contributed by atoms with Gasteiger partial charge in [-0.25, -0.2) is 9.78 Å². The number of ether oxygens (including phenoxy) is 1. The summed E-state index contributed by atoms with van der Waals surface area (Å²) in [4.78, 5) is 40.2. The molecule has 1 amide bonds. The van der Waals surface area contributed by atoms with Crippen LogP contribution in [-0.4, -0.2) is 43.8 Å². The molecule has 24 heavy (non-hydrogen) atoms. The van der Waals surface area contributed by atoms with Crippen LogP contribution in [0.2, 0.25) is 0 Å². The van der Waals surface area contributed by atoms with Crippen LogP contribution in [0.15, 0.2) is 15.9 Å². The maximum atomic E-state index is 12.3. The highest BCUT2D eigenvalue weighted by Gasteiger charge is 2.15. The van der Waals surface area contributed by atoms with Crippen molar-refractivity contribution >= 4 is 17.1 Å². The van der Waals surface area contributed by atoms with Crippen LogP contribution in [0.25, 0.3) is 11.2 Å². The summed E-state index contributed by atoms with van der Waals surface area (Å²) < 4.78 is 9.14. The van der Waals surface area contributed by atoms with E-state index in [9.17, 15) is 14.4 Å². The van der Waals surface area contributed by atoms with E-state index in [1.165, 1.54) is 29.6 Å². The Labute approximate surface area is 138 Å². The zero-order valence-corrected chi connectivity index (χ0v) is 14.4. The zero-order chi connectivity index (χ0) is 17.9. The van der Waals surface area contributed by atoms with E-state index >= 15 is 0 Å². The third-order valence-corrected chi connectivity index (χ3v) is 3.63. The summed E-state index contributed by atoms with van der Waals surface area (Å²) in [5.74, 6) is -0.227. The highest BCUT2D eigenvalue weighted by molar-refractivity contribution is 5.78. The Hall–Kier alpha value is -2.42. The number of hydrogen-bond donors (Lipinski definition) is 1. The van der Waals surface area contributed by atoms with Gasteiger partial charge in [-0.15, -0.1) is 0 Å². The van der Waals surface area contributed by atoms with Gasteiger partial charge in [-0.1, -0.05) is 0 Å². The lowest BCUT2D eigenvalue weighted by molar-refractivity contribution is -0.121. The van der Waals surface area contributed by atoms with E-state index in [2.05, 4.69) is 10.3 Å². The molecular formula is C15H23N5O4. The van der Waals surface area contributed by atoms with E-state index in [0.717, 1.165) is 4.57 Å². The average Bonchev–Trinajstić information content (AvgIpc) is 2.94. The molecule has 0 fully saturated rings. The number of fused-ring (bicyclic) bond motifs is 1. The molecule has 2 rings (SSSR count). The number of hydrogen-bond acceptors (Lipinski definition) is 5. The third-order valence-electron chi connectivity index (χ3n) is 3.63. The van der Waals surface area contributed by atoms with E-state index in [0.29, 0.717) is 19.6 Å². The van der Waals surface area contributed by atoms with Crippen LogP contribution >= 0.6 is 0 Å². The highest BCUT2D eigenvalue weighted by Crippen LogP contribution is 2.04. The molecule has 9 nitrogen and oxygen atoms in total. The van der Waals surface area contributed by atoms with E-state index in [1.54, 1.807) is 0 Å². The van der Waals surface area contributed by atoms with Crippen LogP contribution < -0.4 is 16.6 Å². The molecule has 0 spiro atoms. The largest absolute Gasteiger partial charge is 0.379 e. The van der Waals surface area contributed by atoms with Crippen molar-refractivity contribution in [2.24, 2.45) is 14.1 Å². The summed E-state index contributed by atoms with van der Waals surface area (Å²) in [6, 6.07) is 0. The van der Waals surface area contributed by atoms with Crippen LogP contribution in [0, 0.1) is 0 Å². The van der Waals surface area contributed by atoms with Crippen molar-refractivity contribution in [3.8, 4) is 0 Å². The van der Waals surface area contributed by atoms with Crippen molar-refractivity contribution in [3.05, 3.63) is 27.2 Å². The predicted molar refractivity (Wildman–Crippen MR) is 88.9 cm³/mol. The summed E-state index contributed by atoms with van der Waals surface area (Å²) in [5, 5.41) is 2.77. The third kappa shape index (κ3) is 3.73. The molecule has 2 aromatic rings. The Morgan fingerprint density at radius 2 is 2.00 bits per heavy atom. The molecule has 0 saturated carbocycles. The fourth-order valence-electron chi connectivity index (χ4n) is 2.35. The molecule has 0 radical (unpaired) electrons. The maximum absolute atomic E-state index is 12.3. The van der Waals surface area contributed by atoms with Gasteiger partial charge >= 0.3 is 5.69 Å². The minimum Gasteiger partial charge on any atom is -0.379 e. The molecule has 0 aromatic carbocycles. The number of nitrogens with zero attached hydrogens (tertiary/aromatic N) is 4. The Morgan fingerprint density at radius 3 is 2.67 bits per heavy atom. The van der Waals surface area contributed by atoms with Crippen molar-refractivity contribution in [1.29, 1.82) is 0 Å². The normalized spacial score (nSPS) is 11.4. The fourth-order valence-corrected chi connectivity index (χ4v) is 2.35. The molecule has 2 aromatic heterocycles. The molecule has 0 saturated heterocycles. The Kier molecular flexibility index (Phi) is 5.55. The molecule has 0 atom stereocenters. The second-order valence-electron chi connectivity index (χ2n) is 5.87.